The molecular weight excluding hydrogens is 470 g/mol. The number of nitrogens with zero attached hydrogens (tertiary/aromatic N) is 1. The minimum absolute atomic E-state index is 0.198. The van der Waals surface area contributed by atoms with Gasteiger partial charge < -0.3 is 19.8 Å². The van der Waals surface area contributed by atoms with E-state index in [-0.39, 0.29) is 16.4 Å². The summed E-state index contributed by atoms with van der Waals surface area (Å²) in [4.78, 5) is 17.4. The summed E-state index contributed by atoms with van der Waals surface area (Å²) in [7, 11) is 1.46. The van der Waals surface area contributed by atoms with Crippen LogP contribution in [-0.4, -0.2) is 37.1 Å². The minimum Gasteiger partial charge on any atom is -0.496 e. The summed E-state index contributed by atoms with van der Waals surface area (Å²) in [6, 6.07) is 11.5. The molecule has 0 aliphatic heterocycles. The molecule has 174 valence electrons. The average Bonchev–Trinajstić information content (AvgIpc) is 3.30. The van der Waals surface area contributed by atoms with Gasteiger partial charge in [-0.1, -0.05) is 41.4 Å². The quantitative estimate of drug-likeness (QED) is 0.198. The Kier molecular flexibility index (Phi) is 8.68. The maximum atomic E-state index is 13.1. The lowest BCUT2D eigenvalue weighted by Gasteiger charge is -2.18. The first-order valence-electron chi connectivity index (χ1n) is 10.1. The van der Waals surface area contributed by atoms with Gasteiger partial charge in [0.1, 0.15) is 24.3 Å². The summed E-state index contributed by atoms with van der Waals surface area (Å²) >= 11 is 12.3. The molecule has 3 N–H and O–H groups in total. The third kappa shape index (κ3) is 6.46. The lowest BCUT2D eigenvalue weighted by Crippen LogP contribution is -2.31. The van der Waals surface area contributed by atoms with Crippen LogP contribution in [0.5, 0.6) is 5.75 Å². The zero-order chi connectivity index (χ0) is 23.8. The first-order valence-corrected chi connectivity index (χ1v) is 10.9. The summed E-state index contributed by atoms with van der Waals surface area (Å²) < 4.78 is 23.7. The molecule has 10 heteroatoms. The SMILES string of the molecule is COc1cccc(Cl)c1C(=O)N[C@@H](CCCNC(=N)CF)c1ncc(-c2cccc(Cl)c2)o1. The third-order valence-electron chi connectivity index (χ3n) is 4.80. The van der Waals surface area contributed by atoms with Gasteiger partial charge in [0.25, 0.3) is 5.91 Å². The van der Waals surface area contributed by atoms with Gasteiger partial charge in [-0.15, -0.1) is 0 Å². The molecule has 33 heavy (non-hydrogen) atoms. The number of carbonyl (C=O) groups is 1. The Morgan fingerprint density at radius 3 is 2.79 bits per heavy atom. The third-order valence-corrected chi connectivity index (χ3v) is 5.35. The molecule has 1 amide bonds. The molecule has 1 heterocycles. The Balaban J connectivity index is 1.82. The molecule has 0 bridgehead atoms. The topological polar surface area (TPSA) is 100 Å². The minimum atomic E-state index is -0.866. The number of halogens is 3. The predicted octanol–water partition coefficient (Wildman–Crippen LogP) is 5.44. The normalized spacial score (nSPS) is 11.6. The van der Waals surface area contributed by atoms with Crippen LogP contribution in [0, 0.1) is 5.41 Å². The number of amidine groups is 1. The van der Waals surface area contributed by atoms with Crippen LogP contribution < -0.4 is 15.4 Å². The highest BCUT2D eigenvalue weighted by molar-refractivity contribution is 6.34. The number of rotatable bonds is 10. The van der Waals surface area contributed by atoms with Crippen LogP contribution in [0.2, 0.25) is 10.0 Å². The van der Waals surface area contributed by atoms with Gasteiger partial charge in [-0.05, 0) is 37.1 Å². The van der Waals surface area contributed by atoms with E-state index in [1.807, 2.05) is 6.07 Å². The van der Waals surface area contributed by atoms with Crippen molar-refractivity contribution in [2.24, 2.45) is 0 Å². The van der Waals surface area contributed by atoms with E-state index in [0.29, 0.717) is 41.8 Å². The Bertz CT molecular complexity index is 1120. The van der Waals surface area contributed by atoms with Gasteiger partial charge >= 0.3 is 0 Å². The van der Waals surface area contributed by atoms with E-state index in [1.165, 1.54) is 7.11 Å². The van der Waals surface area contributed by atoms with E-state index in [1.54, 1.807) is 42.6 Å². The van der Waals surface area contributed by atoms with Gasteiger partial charge in [-0.2, -0.15) is 0 Å². The summed E-state index contributed by atoms with van der Waals surface area (Å²) in [6.45, 7) is -0.512. The highest BCUT2D eigenvalue weighted by atomic mass is 35.5. The number of alkyl halides is 1. The summed E-state index contributed by atoms with van der Waals surface area (Å²) in [5, 5.41) is 13.8. The average molecular weight is 493 g/mol. The molecule has 0 aliphatic rings. The van der Waals surface area contributed by atoms with Gasteiger partial charge in [0, 0.05) is 17.1 Å². The fourth-order valence-corrected chi connectivity index (χ4v) is 3.64. The van der Waals surface area contributed by atoms with Crippen molar-refractivity contribution in [2.45, 2.75) is 18.9 Å². The molecule has 0 radical (unpaired) electrons. The molecule has 7 nitrogen and oxygen atoms in total. The molecule has 0 aliphatic carbocycles. The van der Waals surface area contributed by atoms with Gasteiger partial charge in [0.2, 0.25) is 5.89 Å². The number of oxazole rings is 1. The smallest absolute Gasteiger partial charge is 0.257 e. The fraction of sp³-hybridized carbons (Fsp3) is 0.261. The molecule has 0 saturated carbocycles. The lowest BCUT2D eigenvalue weighted by atomic mass is 10.1. The highest BCUT2D eigenvalue weighted by Gasteiger charge is 2.24. The van der Waals surface area contributed by atoms with E-state index in [4.69, 9.17) is 37.8 Å². The first kappa shape index (κ1) is 24.5. The van der Waals surface area contributed by atoms with E-state index >= 15 is 0 Å². The zero-order valence-corrected chi connectivity index (χ0v) is 19.3. The number of aromatic nitrogens is 1. The summed E-state index contributed by atoms with van der Waals surface area (Å²) in [5.74, 6) is 0.485. The number of hydrogen-bond acceptors (Lipinski definition) is 5. The molecule has 3 aromatic rings. The molecule has 2 aromatic carbocycles. The maximum Gasteiger partial charge on any atom is 0.257 e. The Morgan fingerprint density at radius 1 is 1.27 bits per heavy atom. The monoisotopic (exact) mass is 492 g/mol. The van der Waals surface area contributed by atoms with Crippen molar-refractivity contribution in [2.75, 3.05) is 20.3 Å². The van der Waals surface area contributed by atoms with E-state index < -0.39 is 18.6 Å². The molecule has 0 fully saturated rings. The number of nitrogens with one attached hydrogen (secondary N) is 3. The number of amides is 1. The Hall–Kier alpha value is -3.10. The second-order valence-electron chi connectivity index (χ2n) is 7.10. The first-order chi connectivity index (χ1) is 15.9. The number of methoxy groups -OCH3 is 1. The van der Waals surface area contributed by atoms with Gasteiger partial charge in [0.05, 0.1) is 23.9 Å². The summed E-state index contributed by atoms with van der Waals surface area (Å²) in [5.41, 5.74) is 0.947. The lowest BCUT2D eigenvalue weighted by molar-refractivity contribution is 0.0924. The highest BCUT2D eigenvalue weighted by Crippen LogP contribution is 2.30. The second-order valence-corrected chi connectivity index (χ2v) is 7.94. The summed E-state index contributed by atoms with van der Waals surface area (Å²) in [6.07, 6.45) is 2.50. The molecule has 0 spiro atoms. The van der Waals surface area contributed by atoms with Crippen LogP contribution in [0.25, 0.3) is 11.3 Å². The van der Waals surface area contributed by atoms with Crippen LogP contribution in [0.15, 0.2) is 53.1 Å². The van der Waals surface area contributed by atoms with Crippen molar-refractivity contribution in [3.63, 3.8) is 0 Å². The van der Waals surface area contributed by atoms with E-state index in [9.17, 15) is 9.18 Å². The number of carbonyl (C=O) groups excluding carboxylic acids is 1. The van der Waals surface area contributed by atoms with Crippen LogP contribution >= 0.6 is 23.2 Å². The molecular formula is C23H23Cl2FN4O3. The Labute approximate surface area is 200 Å². The van der Waals surface area contributed by atoms with Crippen molar-refractivity contribution in [1.29, 1.82) is 5.41 Å². The maximum absolute atomic E-state index is 13.1. The van der Waals surface area contributed by atoms with Crippen molar-refractivity contribution < 1.29 is 18.3 Å². The molecule has 1 atom stereocenters. The predicted molar refractivity (Wildman–Crippen MR) is 126 cm³/mol. The number of benzene rings is 2. The number of hydrogen-bond donors (Lipinski definition) is 3. The van der Waals surface area contributed by atoms with Gasteiger partial charge in [-0.25, -0.2) is 9.37 Å². The Morgan fingerprint density at radius 2 is 2.06 bits per heavy atom. The molecule has 0 unspecified atom stereocenters. The molecule has 1 aromatic heterocycles. The van der Waals surface area contributed by atoms with E-state index in [2.05, 4.69) is 15.6 Å². The fourth-order valence-electron chi connectivity index (χ4n) is 3.20. The second kappa shape index (κ2) is 11.7. The number of ether oxygens (including phenoxy) is 1. The van der Waals surface area contributed by atoms with Crippen LogP contribution in [0.1, 0.15) is 35.1 Å². The van der Waals surface area contributed by atoms with Crippen molar-refractivity contribution in [1.82, 2.24) is 15.6 Å². The molecule has 3 rings (SSSR count). The van der Waals surface area contributed by atoms with Gasteiger partial charge in [0.15, 0.2) is 5.76 Å². The standard InChI is InChI=1S/C23H23Cl2FN4O3/c1-32-18-9-3-7-16(25)21(18)22(31)30-17(8-4-10-28-20(27)12-26)23-29-13-19(33-23)14-5-2-6-15(24)11-14/h2-3,5-7,9,11,13,17H,4,8,10,12H2,1H3,(H2,27,28)(H,30,31)/t17-/m0/s1. The van der Waals surface area contributed by atoms with E-state index in [0.717, 1.165) is 5.56 Å². The zero-order valence-electron chi connectivity index (χ0n) is 17.8. The van der Waals surface area contributed by atoms with Crippen LogP contribution in [0.4, 0.5) is 4.39 Å². The largest absolute Gasteiger partial charge is 0.496 e. The van der Waals surface area contributed by atoms with Crippen molar-refractivity contribution in [3.8, 4) is 17.1 Å². The van der Waals surface area contributed by atoms with Crippen LogP contribution in [0.3, 0.4) is 0 Å². The van der Waals surface area contributed by atoms with Crippen LogP contribution in [-0.2, 0) is 0 Å². The van der Waals surface area contributed by atoms with Gasteiger partial charge in [-0.3, -0.25) is 10.2 Å². The van der Waals surface area contributed by atoms with Crippen molar-refractivity contribution >= 4 is 34.9 Å². The van der Waals surface area contributed by atoms with Crippen molar-refractivity contribution in [3.05, 3.63) is 70.2 Å². The molecule has 0 saturated heterocycles.